The summed E-state index contributed by atoms with van der Waals surface area (Å²) >= 11 is 0. The fourth-order valence-electron chi connectivity index (χ4n) is 3.62. The van der Waals surface area contributed by atoms with Crippen LogP contribution in [0.1, 0.15) is 42.2 Å². The molecule has 4 aromatic rings. The summed E-state index contributed by atoms with van der Waals surface area (Å²) in [5, 5.41) is 12.8. The van der Waals surface area contributed by atoms with E-state index in [2.05, 4.69) is 22.4 Å². The van der Waals surface area contributed by atoms with Gasteiger partial charge in [0.2, 0.25) is 0 Å². The molecule has 0 aliphatic rings. The number of hydrogen-bond donors (Lipinski definition) is 1. The van der Waals surface area contributed by atoms with Gasteiger partial charge in [-0.2, -0.15) is 10.2 Å². The second-order valence-electron chi connectivity index (χ2n) is 7.39. The van der Waals surface area contributed by atoms with Crippen LogP contribution in [0.15, 0.2) is 71.8 Å². The third-order valence-electron chi connectivity index (χ3n) is 5.24. The van der Waals surface area contributed by atoms with Gasteiger partial charge in [0.05, 0.1) is 11.1 Å². The smallest absolute Gasteiger partial charge is 0.274 e. The van der Waals surface area contributed by atoms with Crippen LogP contribution in [0.3, 0.4) is 0 Å². The number of unbranched alkanes of at least 4 members (excludes halogenated alkanes) is 2. The monoisotopic (exact) mass is 415 g/mol. The van der Waals surface area contributed by atoms with Crippen molar-refractivity contribution in [1.29, 1.82) is 0 Å². The van der Waals surface area contributed by atoms with Crippen molar-refractivity contribution in [2.45, 2.75) is 39.3 Å². The normalized spacial score (nSPS) is 11.0. The zero-order valence-corrected chi connectivity index (χ0v) is 17.5. The zero-order chi connectivity index (χ0) is 21.6. The van der Waals surface area contributed by atoms with Crippen LogP contribution in [0, 0.1) is 0 Å². The fourth-order valence-corrected chi connectivity index (χ4v) is 3.62. The molecule has 2 heterocycles. The molecule has 0 saturated carbocycles. The first-order chi connectivity index (χ1) is 15.2. The lowest BCUT2D eigenvalue weighted by Gasteiger charge is -2.13. The van der Waals surface area contributed by atoms with Crippen molar-refractivity contribution in [3.05, 3.63) is 88.6 Å². The van der Waals surface area contributed by atoms with Crippen molar-refractivity contribution in [3.63, 3.8) is 0 Å². The number of carbonyl (C=O) groups excluding carboxylic acids is 1. The average Bonchev–Trinajstić information content (AvgIpc) is 3.34. The predicted molar refractivity (Wildman–Crippen MR) is 120 cm³/mol. The Hall–Kier alpha value is -3.74. The van der Waals surface area contributed by atoms with Gasteiger partial charge in [0, 0.05) is 30.9 Å². The SMILES string of the molecule is CCCCCn1nc(C(=O)NCc2ccccc2-n2cccn2)c2ccccc2c1=O. The van der Waals surface area contributed by atoms with Crippen molar-refractivity contribution in [2.75, 3.05) is 0 Å². The molecule has 0 bridgehead atoms. The van der Waals surface area contributed by atoms with Crippen LogP contribution >= 0.6 is 0 Å². The molecule has 1 amide bonds. The molecular weight excluding hydrogens is 390 g/mol. The van der Waals surface area contributed by atoms with Crippen LogP contribution in [-0.4, -0.2) is 25.5 Å². The number of rotatable bonds is 8. The quantitative estimate of drug-likeness (QED) is 0.445. The Labute approximate surface area is 180 Å². The molecule has 7 nitrogen and oxygen atoms in total. The number of carbonyl (C=O) groups is 1. The van der Waals surface area contributed by atoms with Gasteiger partial charge >= 0.3 is 0 Å². The van der Waals surface area contributed by atoms with Gasteiger partial charge < -0.3 is 5.32 Å². The van der Waals surface area contributed by atoms with Gasteiger partial charge in [-0.1, -0.05) is 56.2 Å². The number of aryl methyl sites for hydroxylation is 1. The molecular formula is C24H25N5O2. The molecule has 158 valence electrons. The lowest BCUT2D eigenvalue weighted by Crippen LogP contribution is -2.30. The molecule has 0 aliphatic carbocycles. The molecule has 0 unspecified atom stereocenters. The van der Waals surface area contributed by atoms with E-state index in [1.54, 1.807) is 23.0 Å². The van der Waals surface area contributed by atoms with Gasteiger partial charge in [0.25, 0.3) is 11.5 Å². The molecule has 2 aromatic heterocycles. The summed E-state index contributed by atoms with van der Waals surface area (Å²) in [6, 6.07) is 16.8. The highest BCUT2D eigenvalue weighted by Crippen LogP contribution is 2.16. The summed E-state index contributed by atoms with van der Waals surface area (Å²) in [5.74, 6) is -0.310. The number of para-hydroxylation sites is 1. The summed E-state index contributed by atoms with van der Waals surface area (Å²) in [6.07, 6.45) is 6.48. The van der Waals surface area contributed by atoms with Crippen LogP contribution in [0.5, 0.6) is 0 Å². The molecule has 0 radical (unpaired) electrons. The Bertz CT molecular complexity index is 1240. The third kappa shape index (κ3) is 4.40. The van der Waals surface area contributed by atoms with Crippen molar-refractivity contribution >= 4 is 16.7 Å². The van der Waals surface area contributed by atoms with Gasteiger partial charge in [-0.05, 0) is 30.2 Å². The van der Waals surface area contributed by atoms with Gasteiger partial charge in [0.1, 0.15) is 0 Å². The van der Waals surface area contributed by atoms with Crippen LogP contribution in [0.2, 0.25) is 0 Å². The minimum atomic E-state index is -0.310. The van der Waals surface area contributed by atoms with Crippen LogP contribution in [0.25, 0.3) is 16.5 Å². The van der Waals surface area contributed by atoms with Crippen LogP contribution < -0.4 is 10.9 Å². The van der Waals surface area contributed by atoms with E-state index in [1.165, 1.54) is 4.68 Å². The van der Waals surface area contributed by atoms with Crippen molar-refractivity contribution in [3.8, 4) is 5.69 Å². The first kappa shape index (κ1) is 20.5. The number of nitrogens with one attached hydrogen (secondary N) is 1. The van der Waals surface area contributed by atoms with E-state index in [1.807, 2.05) is 48.7 Å². The van der Waals surface area contributed by atoms with E-state index in [0.717, 1.165) is 30.5 Å². The topological polar surface area (TPSA) is 81.8 Å². The second kappa shape index (κ2) is 9.38. The van der Waals surface area contributed by atoms with Crippen molar-refractivity contribution < 1.29 is 4.79 Å². The highest BCUT2D eigenvalue weighted by atomic mass is 16.2. The molecule has 31 heavy (non-hydrogen) atoms. The van der Waals surface area contributed by atoms with Gasteiger partial charge in [-0.25, -0.2) is 9.36 Å². The molecule has 4 rings (SSSR count). The summed E-state index contributed by atoms with van der Waals surface area (Å²) in [4.78, 5) is 25.9. The first-order valence-electron chi connectivity index (χ1n) is 10.5. The van der Waals surface area contributed by atoms with Crippen LogP contribution in [-0.2, 0) is 13.1 Å². The van der Waals surface area contributed by atoms with E-state index < -0.39 is 0 Å². The lowest BCUT2D eigenvalue weighted by molar-refractivity contribution is 0.0945. The number of fused-ring (bicyclic) bond motifs is 1. The maximum atomic E-state index is 13.1. The van der Waals surface area contributed by atoms with E-state index in [4.69, 9.17) is 0 Å². The second-order valence-corrected chi connectivity index (χ2v) is 7.39. The van der Waals surface area contributed by atoms with Gasteiger partial charge in [-0.3, -0.25) is 9.59 Å². The van der Waals surface area contributed by atoms with Gasteiger partial charge in [-0.15, -0.1) is 0 Å². The maximum Gasteiger partial charge on any atom is 0.274 e. The molecule has 0 atom stereocenters. The van der Waals surface area contributed by atoms with E-state index >= 15 is 0 Å². The molecule has 0 spiro atoms. The summed E-state index contributed by atoms with van der Waals surface area (Å²) in [7, 11) is 0. The maximum absolute atomic E-state index is 13.1. The predicted octanol–water partition coefficient (Wildman–Crippen LogP) is 3.70. The third-order valence-corrected chi connectivity index (χ3v) is 5.24. The Morgan fingerprint density at radius 2 is 1.77 bits per heavy atom. The van der Waals surface area contributed by atoms with Crippen LogP contribution in [0.4, 0.5) is 0 Å². The molecule has 1 N–H and O–H groups in total. The number of hydrogen-bond acceptors (Lipinski definition) is 4. The summed E-state index contributed by atoms with van der Waals surface area (Å²) < 4.78 is 3.19. The Kier molecular flexibility index (Phi) is 6.21. The lowest BCUT2D eigenvalue weighted by atomic mass is 10.1. The van der Waals surface area contributed by atoms with Gasteiger partial charge in [0.15, 0.2) is 5.69 Å². The van der Waals surface area contributed by atoms with E-state index in [0.29, 0.717) is 23.9 Å². The van der Waals surface area contributed by atoms with Crippen molar-refractivity contribution in [1.82, 2.24) is 24.9 Å². The summed E-state index contributed by atoms with van der Waals surface area (Å²) in [6.45, 7) is 2.93. The molecule has 0 fully saturated rings. The zero-order valence-electron chi connectivity index (χ0n) is 17.5. The Morgan fingerprint density at radius 1 is 1.00 bits per heavy atom. The minimum Gasteiger partial charge on any atom is -0.346 e. The molecule has 7 heteroatoms. The van der Waals surface area contributed by atoms with Crippen molar-refractivity contribution in [2.24, 2.45) is 0 Å². The standard InChI is InChI=1S/C24H25N5O2/c1-2-3-8-15-29-24(31)20-12-6-5-11-19(20)22(27-29)23(30)25-17-18-10-4-7-13-21(18)28-16-9-14-26-28/h4-7,9-14,16H,2-3,8,15,17H2,1H3,(H,25,30). The molecule has 2 aromatic carbocycles. The van der Waals surface area contributed by atoms with E-state index in [9.17, 15) is 9.59 Å². The average molecular weight is 415 g/mol. The molecule has 0 aliphatic heterocycles. The number of amides is 1. The Morgan fingerprint density at radius 3 is 2.55 bits per heavy atom. The first-order valence-corrected chi connectivity index (χ1v) is 10.5. The highest BCUT2D eigenvalue weighted by molar-refractivity contribution is 6.04. The summed E-state index contributed by atoms with van der Waals surface area (Å²) in [5.41, 5.74) is 1.94. The largest absolute Gasteiger partial charge is 0.346 e. The molecule has 0 saturated heterocycles. The Balaban J connectivity index is 1.63. The number of nitrogens with zero attached hydrogens (tertiary/aromatic N) is 4. The number of aromatic nitrogens is 4. The van der Waals surface area contributed by atoms with E-state index in [-0.39, 0.29) is 17.2 Å². The fraction of sp³-hybridized carbons (Fsp3) is 0.250. The number of benzene rings is 2. The minimum absolute atomic E-state index is 0.160. The highest BCUT2D eigenvalue weighted by Gasteiger charge is 2.17.